The number of hydrogen-bond donors (Lipinski definition) is 3. The van der Waals surface area contributed by atoms with E-state index in [9.17, 15) is 4.79 Å². The highest BCUT2D eigenvalue weighted by Crippen LogP contribution is 2.21. The number of aromatic nitrogens is 5. The largest absolute Gasteiger partial charge is 0.361 e. The summed E-state index contributed by atoms with van der Waals surface area (Å²) in [4.78, 5) is 28.5. The number of nitrogens with zero attached hydrogens (tertiary/aromatic N) is 4. The number of rotatable bonds is 6. The van der Waals surface area contributed by atoms with Crippen LogP contribution in [0, 0.1) is 6.92 Å². The normalized spacial score (nSPS) is 10.9. The van der Waals surface area contributed by atoms with Gasteiger partial charge in [-0.1, -0.05) is 18.2 Å². The number of hydrogen-bond acceptors (Lipinski definition) is 5. The van der Waals surface area contributed by atoms with Gasteiger partial charge in [0.1, 0.15) is 23.8 Å². The molecular weight excluding hydrogens is 402 g/mol. The van der Waals surface area contributed by atoms with Gasteiger partial charge in [0.25, 0.3) is 0 Å². The molecule has 5 aromatic rings. The van der Waals surface area contributed by atoms with Crippen molar-refractivity contribution in [2.45, 2.75) is 13.3 Å². The first kappa shape index (κ1) is 19.5. The van der Waals surface area contributed by atoms with E-state index in [4.69, 9.17) is 0 Å². The number of para-hydroxylation sites is 1. The van der Waals surface area contributed by atoms with E-state index in [1.54, 1.807) is 6.20 Å². The van der Waals surface area contributed by atoms with Crippen molar-refractivity contribution in [3.05, 3.63) is 90.9 Å². The molecule has 0 aliphatic heterocycles. The lowest BCUT2D eigenvalue weighted by molar-refractivity contribution is -0.115. The average Bonchev–Trinajstić information content (AvgIpc) is 3.42. The Morgan fingerprint density at radius 1 is 1.03 bits per heavy atom. The number of carbonyl (C=O) groups is 1. The fourth-order valence-corrected chi connectivity index (χ4v) is 3.61. The molecule has 0 saturated heterocycles. The lowest BCUT2D eigenvalue weighted by atomic mass is 10.1. The number of imidazole rings is 1. The van der Waals surface area contributed by atoms with E-state index in [1.807, 2.05) is 78.5 Å². The van der Waals surface area contributed by atoms with Crippen molar-refractivity contribution < 1.29 is 4.79 Å². The second-order valence-corrected chi connectivity index (χ2v) is 7.39. The first-order valence-electron chi connectivity index (χ1n) is 10.2. The summed E-state index contributed by atoms with van der Waals surface area (Å²) in [5.74, 6) is 2.19. The van der Waals surface area contributed by atoms with Crippen LogP contribution in [0.3, 0.4) is 0 Å². The molecule has 0 bridgehead atoms. The zero-order valence-corrected chi connectivity index (χ0v) is 17.4. The number of aryl methyl sites for hydroxylation is 1. The molecular formula is C24H21N7O. The summed E-state index contributed by atoms with van der Waals surface area (Å²) in [6.07, 6.45) is 7.29. The maximum absolute atomic E-state index is 12.5. The number of anilines is 3. The summed E-state index contributed by atoms with van der Waals surface area (Å²) in [5, 5.41) is 7.28. The Balaban J connectivity index is 1.24. The summed E-state index contributed by atoms with van der Waals surface area (Å²) in [6, 6.07) is 17.3. The predicted octanol–water partition coefficient (Wildman–Crippen LogP) is 4.38. The van der Waals surface area contributed by atoms with Gasteiger partial charge in [-0.25, -0.2) is 15.0 Å². The molecule has 8 nitrogen and oxygen atoms in total. The van der Waals surface area contributed by atoms with E-state index in [2.05, 4.69) is 30.6 Å². The molecule has 0 aliphatic carbocycles. The Bertz CT molecular complexity index is 1390. The molecule has 5 rings (SSSR count). The van der Waals surface area contributed by atoms with Gasteiger partial charge in [0, 0.05) is 46.9 Å². The number of amides is 1. The summed E-state index contributed by atoms with van der Waals surface area (Å²) < 4.78 is 1.89. The van der Waals surface area contributed by atoms with Crippen LogP contribution in [0.4, 0.5) is 17.2 Å². The maximum Gasteiger partial charge on any atom is 0.228 e. The third kappa shape index (κ3) is 4.06. The van der Waals surface area contributed by atoms with E-state index >= 15 is 0 Å². The van der Waals surface area contributed by atoms with Crippen LogP contribution < -0.4 is 10.6 Å². The molecule has 158 valence electrons. The van der Waals surface area contributed by atoms with Crippen molar-refractivity contribution in [2.75, 3.05) is 10.6 Å². The molecule has 0 atom stereocenters. The highest BCUT2D eigenvalue weighted by Gasteiger charge is 2.09. The van der Waals surface area contributed by atoms with E-state index in [-0.39, 0.29) is 5.91 Å². The molecule has 0 radical (unpaired) electrons. The Kier molecular flexibility index (Phi) is 5.09. The Morgan fingerprint density at radius 2 is 1.84 bits per heavy atom. The Morgan fingerprint density at radius 3 is 2.66 bits per heavy atom. The van der Waals surface area contributed by atoms with Crippen molar-refractivity contribution in [2.24, 2.45) is 0 Å². The monoisotopic (exact) mass is 423 g/mol. The quantitative estimate of drug-likeness (QED) is 0.376. The molecule has 3 N–H and O–H groups in total. The van der Waals surface area contributed by atoms with Crippen LogP contribution in [0.15, 0.2) is 79.5 Å². The van der Waals surface area contributed by atoms with Gasteiger partial charge in [-0.05, 0) is 42.8 Å². The molecule has 8 heteroatoms. The molecule has 3 aromatic heterocycles. The summed E-state index contributed by atoms with van der Waals surface area (Å²) in [7, 11) is 0. The molecule has 0 saturated carbocycles. The van der Waals surface area contributed by atoms with Crippen LogP contribution in [-0.4, -0.2) is 30.4 Å². The lowest BCUT2D eigenvalue weighted by Gasteiger charge is -2.10. The van der Waals surface area contributed by atoms with Gasteiger partial charge in [-0.3, -0.25) is 9.36 Å². The Labute approximate surface area is 184 Å². The molecule has 2 aromatic carbocycles. The molecule has 0 fully saturated rings. The Hall–Kier alpha value is -4.46. The van der Waals surface area contributed by atoms with Crippen molar-refractivity contribution in [1.82, 2.24) is 24.5 Å². The summed E-state index contributed by atoms with van der Waals surface area (Å²) in [6.45, 7) is 1.92. The second kappa shape index (κ2) is 8.35. The number of nitrogens with one attached hydrogen (secondary N) is 3. The third-order valence-corrected chi connectivity index (χ3v) is 5.19. The minimum absolute atomic E-state index is 0.0633. The van der Waals surface area contributed by atoms with Gasteiger partial charge in [0.05, 0.1) is 6.42 Å². The van der Waals surface area contributed by atoms with Crippen LogP contribution in [0.5, 0.6) is 0 Å². The summed E-state index contributed by atoms with van der Waals surface area (Å²) in [5.41, 5.74) is 3.59. The van der Waals surface area contributed by atoms with Crippen LogP contribution >= 0.6 is 0 Å². The smallest absolute Gasteiger partial charge is 0.228 e. The van der Waals surface area contributed by atoms with E-state index in [1.165, 1.54) is 6.33 Å². The minimum atomic E-state index is -0.0633. The van der Waals surface area contributed by atoms with E-state index in [0.717, 1.165) is 39.5 Å². The van der Waals surface area contributed by atoms with Gasteiger partial charge in [0.15, 0.2) is 0 Å². The lowest BCUT2D eigenvalue weighted by Crippen LogP contribution is -2.14. The zero-order valence-electron chi connectivity index (χ0n) is 17.4. The highest BCUT2D eigenvalue weighted by molar-refractivity contribution is 5.95. The van der Waals surface area contributed by atoms with Crippen LogP contribution in [0.25, 0.3) is 16.7 Å². The van der Waals surface area contributed by atoms with E-state index in [0.29, 0.717) is 12.2 Å². The van der Waals surface area contributed by atoms with Gasteiger partial charge in [-0.2, -0.15) is 0 Å². The average molecular weight is 423 g/mol. The fraction of sp³-hybridized carbons (Fsp3) is 0.0833. The zero-order chi connectivity index (χ0) is 21.9. The van der Waals surface area contributed by atoms with Crippen molar-refractivity contribution in [3.63, 3.8) is 0 Å². The highest BCUT2D eigenvalue weighted by atomic mass is 16.1. The SMILES string of the molecule is Cc1nccn1-c1cc(Nc2ccc(NC(=O)Cc3c[nH]c4ccccc34)cc2)ncn1. The van der Waals surface area contributed by atoms with Gasteiger partial charge >= 0.3 is 0 Å². The van der Waals surface area contributed by atoms with Crippen LogP contribution in [-0.2, 0) is 11.2 Å². The molecule has 1 amide bonds. The van der Waals surface area contributed by atoms with Crippen molar-refractivity contribution >= 4 is 34.0 Å². The topological polar surface area (TPSA) is 101 Å². The number of aromatic amines is 1. The number of carbonyl (C=O) groups excluding carboxylic acids is 1. The number of fused-ring (bicyclic) bond motifs is 1. The summed E-state index contributed by atoms with van der Waals surface area (Å²) >= 11 is 0. The van der Waals surface area contributed by atoms with E-state index < -0.39 is 0 Å². The predicted molar refractivity (Wildman–Crippen MR) is 124 cm³/mol. The van der Waals surface area contributed by atoms with Crippen LogP contribution in [0.1, 0.15) is 11.4 Å². The number of benzene rings is 2. The minimum Gasteiger partial charge on any atom is -0.361 e. The molecule has 0 unspecified atom stereocenters. The first-order valence-corrected chi connectivity index (χ1v) is 10.2. The van der Waals surface area contributed by atoms with Crippen molar-refractivity contribution in [1.29, 1.82) is 0 Å². The van der Waals surface area contributed by atoms with Gasteiger partial charge < -0.3 is 15.6 Å². The molecule has 0 spiro atoms. The first-order chi connectivity index (χ1) is 15.7. The molecule has 32 heavy (non-hydrogen) atoms. The third-order valence-electron chi connectivity index (χ3n) is 5.19. The number of H-pyrrole nitrogens is 1. The molecule has 3 heterocycles. The van der Waals surface area contributed by atoms with Crippen LogP contribution in [0.2, 0.25) is 0 Å². The maximum atomic E-state index is 12.5. The van der Waals surface area contributed by atoms with Gasteiger partial charge in [0.2, 0.25) is 5.91 Å². The van der Waals surface area contributed by atoms with Gasteiger partial charge in [-0.15, -0.1) is 0 Å². The fourth-order valence-electron chi connectivity index (χ4n) is 3.61. The molecule has 0 aliphatic rings. The standard InChI is InChI=1S/C24H21N7O/c1-16-25-10-11-31(16)23-13-22(27-15-28-23)29-18-6-8-19(9-7-18)30-24(32)12-17-14-26-21-5-3-2-4-20(17)21/h2-11,13-15,26H,12H2,1H3,(H,30,32)(H,27,28,29). The van der Waals surface area contributed by atoms with Crippen molar-refractivity contribution in [3.8, 4) is 5.82 Å². The second-order valence-electron chi connectivity index (χ2n) is 7.39.